The fourth-order valence-corrected chi connectivity index (χ4v) is 2.93. The molecule has 1 aromatic carbocycles. The van der Waals surface area contributed by atoms with Crippen molar-refractivity contribution in [3.8, 4) is 5.75 Å². The number of hydrogen-bond acceptors (Lipinski definition) is 3. The highest BCUT2D eigenvalue weighted by atomic mass is 32.2. The molecule has 106 valence electrons. The van der Waals surface area contributed by atoms with Gasteiger partial charge in [0.2, 0.25) is 0 Å². The number of thioether (sulfide) groups is 1. The summed E-state index contributed by atoms with van der Waals surface area (Å²) in [6.07, 6.45) is 8.67. The lowest BCUT2D eigenvalue weighted by Crippen LogP contribution is -1.88. The second-order valence-electron chi connectivity index (χ2n) is 4.83. The fourth-order valence-electron chi connectivity index (χ4n) is 1.96. The summed E-state index contributed by atoms with van der Waals surface area (Å²) < 4.78 is 0. The van der Waals surface area contributed by atoms with Gasteiger partial charge >= 0.3 is 0 Å². The van der Waals surface area contributed by atoms with Crippen LogP contribution in [-0.2, 0) is 5.75 Å². The highest BCUT2D eigenvalue weighted by Crippen LogP contribution is 2.20. The van der Waals surface area contributed by atoms with Crippen LogP contribution >= 0.6 is 11.8 Å². The van der Waals surface area contributed by atoms with Gasteiger partial charge in [-0.15, -0.1) is 0 Å². The van der Waals surface area contributed by atoms with E-state index in [-0.39, 0.29) is 5.75 Å². The molecule has 0 saturated carbocycles. The first kappa shape index (κ1) is 16.1. The number of aromatic hydroxyl groups is 1. The average molecular weight is 280 g/mol. The van der Waals surface area contributed by atoms with Crippen LogP contribution < -0.4 is 0 Å². The lowest BCUT2D eigenvalue weighted by Gasteiger charge is -2.04. The first-order valence-corrected chi connectivity index (χ1v) is 8.28. The molecule has 0 unspecified atom stereocenters. The molecule has 19 heavy (non-hydrogen) atoms. The topological polar surface area (TPSA) is 37.3 Å². The van der Waals surface area contributed by atoms with Crippen molar-refractivity contribution in [3.05, 3.63) is 29.3 Å². The second-order valence-corrected chi connectivity index (χ2v) is 5.94. The van der Waals surface area contributed by atoms with Crippen molar-refractivity contribution in [2.75, 3.05) is 5.75 Å². The Hall–Kier alpha value is -0.960. The summed E-state index contributed by atoms with van der Waals surface area (Å²) in [6, 6.07) is 5.26. The standard InChI is InChI=1S/C16H24O2S/c1-2-3-4-5-6-7-10-19-13-14-8-9-16(18)15(11-14)12-17/h8-9,11-12,18H,2-7,10,13H2,1H3. The Morgan fingerprint density at radius 3 is 2.63 bits per heavy atom. The first-order chi connectivity index (χ1) is 9.27. The van der Waals surface area contributed by atoms with Gasteiger partial charge in [0, 0.05) is 5.75 Å². The van der Waals surface area contributed by atoms with Crippen LogP contribution in [-0.4, -0.2) is 17.1 Å². The molecule has 0 radical (unpaired) electrons. The van der Waals surface area contributed by atoms with Gasteiger partial charge < -0.3 is 5.11 Å². The van der Waals surface area contributed by atoms with E-state index in [9.17, 15) is 9.90 Å². The lowest BCUT2D eigenvalue weighted by molar-refractivity contribution is 0.112. The quantitative estimate of drug-likeness (QED) is 0.494. The number of carbonyl (C=O) groups excluding carboxylic acids is 1. The van der Waals surface area contributed by atoms with Gasteiger partial charge in [0.25, 0.3) is 0 Å². The lowest BCUT2D eigenvalue weighted by atomic mass is 10.1. The molecular formula is C16H24O2S. The van der Waals surface area contributed by atoms with Gasteiger partial charge in [0.15, 0.2) is 6.29 Å². The van der Waals surface area contributed by atoms with Crippen LogP contribution in [0.15, 0.2) is 18.2 Å². The molecule has 1 aromatic rings. The number of carbonyl (C=O) groups is 1. The van der Waals surface area contributed by atoms with Gasteiger partial charge in [0.05, 0.1) is 5.56 Å². The minimum atomic E-state index is 0.0691. The van der Waals surface area contributed by atoms with Crippen molar-refractivity contribution >= 4 is 18.0 Å². The number of rotatable bonds is 10. The number of hydrogen-bond donors (Lipinski definition) is 1. The zero-order valence-electron chi connectivity index (χ0n) is 11.7. The van der Waals surface area contributed by atoms with E-state index in [1.54, 1.807) is 12.1 Å². The monoisotopic (exact) mass is 280 g/mol. The molecule has 0 atom stereocenters. The van der Waals surface area contributed by atoms with Gasteiger partial charge in [0.1, 0.15) is 5.75 Å². The predicted octanol–water partition coefficient (Wildman–Crippen LogP) is 4.80. The minimum absolute atomic E-state index is 0.0691. The molecule has 0 aliphatic rings. The molecule has 0 bridgehead atoms. The highest BCUT2D eigenvalue weighted by molar-refractivity contribution is 7.98. The summed E-state index contributed by atoms with van der Waals surface area (Å²) in [5, 5.41) is 9.41. The summed E-state index contributed by atoms with van der Waals surface area (Å²) in [4.78, 5) is 10.7. The van der Waals surface area contributed by atoms with Crippen LogP contribution in [0.25, 0.3) is 0 Å². The SMILES string of the molecule is CCCCCCCCSCc1ccc(O)c(C=O)c1. The fraction of sp³-hybridized carbons (Fsp3) is 0.562. The molecule has 0 spiro atoms. The van der Waals surface area contributed by atoms with E-state index in [1.807, 2.05) is 17.8 Å². The van der Waals surface area contributed by atoms with Gasteiger partial charge in [-0.3, -0.25) is 4.79 Å². The number of aldehydes is 1. The van der Waals surface area contributed by atoms with Crippen molar-refractivity contribution in [2.24, 2.45) is 0 Å². The molecule has 0 aromatic heterocycles. The molecule has 0 amide bonds. The summed E-state index contributed by atoms with van der Waals surface area (Å²) in [5.74, 6) is 2.15. The van der Waals surface area contributed by atoms with E-state index in [0.29, 0.717) is 11.8 Å². The Morgan fingerprint density at radius 2 is 1.89 bits per heavy atom. The van der Waals surface area contributed by atoms with Gasteiger partial charge in [-0.05, 0) is 29.9 Å². The molecular weight excluding hydrogens is 256 g/mol. The summed E-state index contributed by atoms with van der Waals surface area (Å²) in [6.45, 7) is 2.24. The molecule has 2 nitrogen and oxygen atoms in total. The zero-order valence-corrected chi connectivity index (χ0v) is 12.5. The Balaban J connectivity index is 2.14. The molecule has 0 saturated heterocycles. The van der Waals surface area contributed by atoms with Crippen LogP contribution in [0.3, 0.4) is 0 Å². The maximum absolute atomic E-state index is 10.7. The van der Waals surface area contributed by atoms with E-state index in [4.69, 9.17) is 0 Å². The average Bonchev–Trinajstić information content (AvgIpc) is 2.43. The van der Waals surface area contributed by atoms with Crippen LogP contribution in [0, 0.1) is 0 Å². The summed E-state index contributed by atoms with van der Waals surface area (Å²) >= 11 is 1.90. The first-order valence-electron chi connectivity index (χ1n) is 7.12. The largest absolute Gasteiger partial charge is 0.507 e. The Labute approximate surface area is 120 Å². The third-order valence-corrected chi connectivity index (χ3v) is 4.24. The van der Waals surface area contributed by atoms with Crippen molar-refractivity contribution in [1.29, 1.82) is 0 Å². The highest BCUT2D eigenvalue weighted by Gasteiger charge is 2.01. The maximum Gasteiger partial charge on any atom is 0.153 e. The zero-order chi connectivity index (χ0) is 13.9. The van der Waals surface area contributed by atoms with E-state index < -0.39 is 0 Å². The van der Waals surface area contributed by atoms with Crippen LogP contribution in [0.5, 0.6) is 5.75 Å². The van der Waals surface area contributed by atoms with Crippen molar-refractivity contribution in [3.63, 3.8) is 0 Å². The third kappa shape index (κ3) is 6.67. The Bertz CT molecular complexity index is 377. The summed E-state index contributed by atoms with van der Waals surface area (Å²) in [7, 11) is 0. The summed E-state index contributed by atoms with van der Waals surface area (Å²) in [5.41, 5.74) is 1.49. The third-order valence-electron chi connectivity index (χ3n) is 3.13. The number of unbranched alkanes of at least 4 members (excludes halogenated alkanes) is 5. The smallest absolute Gasteiger partial charge is 0.153 e. The molecule has 1 N–H and O–H groups in total. The predicted molar refractivity (Wildman–Crippen MR) is 83.0 cm³/mol. The maximum atomic E-state index is 10.7. The molecule has 0 heterocycles. The van der Waals surface area contributed by atoms with Crippen molar-refractivity contribution in [1.82, 2.24) is 0 Å². The Morgan fingerprint density at radius 1 is 1.16 bits per heavy atom. The van der Waals surface area contributed by atoms with Crippen LogP contribution in [0.4, 0.5) is 0 Å². The van der Waals surface area contributed by atoms with E-state index in [1.165, 1.54) is 44.3 Å². The van der Waals surface area contributed by atoms with Crippen LogP contribution in [0.1, 0.15) is 61.4 Å². The van der Waals surface area contributed by atoms with E-state index in [0.717, 1.165) is 11.3 Å². The van der Waals surface area contributed by atoms with Crippen molar-refractivity contribution < 1.29 is 9.90 Å². The van der Waals surface area contributed by atoms with Gasteiger partial charge in [-0.25, -0.2) is 0 Å². The number of benzene rings is 1. The van der Waals surface area contributed by atoms with E-state index >= 15 is 0 Å². The van der Waals surface area contributed by atoms with Crippen molar-refractivity contribution in [2.45, 2.75) is 51.2 Å². The van der Waals surface area contributed by atoms with Gasteiger partial charge in [-0.2, -0.15) is 11.8 Å². The van der Waals surface area contributed by atoms with Gasteiger partial charge in [-0.1, -0.05) is 45.1 Å². The molecule has 0 aliphatic carbocycles. The molecule has 0 fully saturated rings. The molecule has 3 heteroatoms. The number of phenolic OH excluding ortho intramolecular Hbond substituents is 1. The molecule has 0 aliphatic heterocycles. The second kappa shape index (κ2) is 9.90. The minimum Gasteiger partial charge on any atom is -0.507 e. The van der Waals surface area contributed by atoms with Crippen LogP contribution in [0.2, 0.25) is 0 Å². The Kier molecular flexibility index (Phi) is 8.39. The number of phenols is 1. The normalized spacial score (nSPS) is 10.6. The van der Waals surface area contributed by atoms with E-state index in [2.05, 4.69) is 6.92 Å². The molecule has 1 rings (SSSR count).